The van der Waals surface area contributed by atoms with Gasteiger partial charge in [0.05, 0.1) is 11.0 Å². The van der Waals surface area contributed by atoms with Gasteiger partial charge in [0.1, 0.15) is 5.82 Å². The molecule has 72 valence electrons. The van der Waals surface area contributed by atoms with E-state index < -0.39 is 0 Å². The minimum atomic E-state index is 0.672. The molecule has 0 spiro atoms. The van der Waals surface area contributed by atoms with E-state index >= 15 is 0 Å². The molecule has 1 saturated carbocycles. The molecule has 0 amide bonds. The zero-order valence-electron chi connectivity index (χ0n) is 7.83. The van der Waals surface area contributed by atoms with Crippen LogP contribution in [0.15, 0.2) is 23.1 Å². The van der Waals surface area contributed by atoms with E-state index in [1.807, 2.05) is 18.2 Å². The minimum Gasteiger partial charge on any atom is -0.342 e. The van der Waals surface area contributed by atoms with Crippen LogP contribution >= 0.6 is 12.6 Å². The van der Waals surface area contributed by atoms with Crippen LogP contribution in [0.4, 0.5) is 0 Å². The Hall–Kier alpha value is -0.960. The van der Waals surface area contributed by atoms with Crippen LogP contribution in [0.25, 0.3) is 11.0 Å². The van der Waals surface area contributed by atoms with Gasteiger partial charge in [0.15, 0.2) is 0 Å². The van der Waals surface area contributed by atoms with Gasteiger partial charge in [-0.2, -0.15) is 0 Å². The molecule has 3 heteroatoms. The lowest BCUT2D eigenvalue weighted by Gasteiger charge is -2.22. The van der Waals surface area contributed by atoms with Gasteiger partial charge in [0, 0.05) is 10.8 Å². The molecule has 1 N–H and O–H groups in total. The summed E-state index contributed by atoms with van der Waals surface area (Å²) in [4.78, 5) is 8.95. The Balaban J connectivity index is 2.10. The second-order valence-corrected chi connectivity index (χ2v) is 4.47. The SMILES string of the molecule is Sc1ccc2nc(C3CCC3)[nH]c2c1. The van der Waals surface area contributed by atoms with E-state index in [9.17, 15) is 0 Å². The van der Waals surface area contributed by atoms with Crippen molar-refractivity contribution < 1.29 is 0 Å². The molecule has 0 bridgehead atoms. The van der Waals surface area contributed by atoms with E-state index in [1.165, 1.54) is 19.3 Å². The minimum absolute atomic E-state index is 0.672. The highest BCUT2D eigenvalue weighted by Gasteiger charge is 2.22. The summed E-state index contributed by atoms with van der Waals surface area (Å²) in [5, 5.41) is 0. The van der Waals surface area contributed by atoms with Crippen molar-refractivity contribution >= 4 is 23.7 Å². The number of nitrogens with one attached hydrogen (secondary N) is 1. The second kappa shape index (κ2) is 3.02. The first-order valence-electron chi connectivity index (χ1n) is 5.01. The van der Waals surface area contributed by atoms with Crippen molar-refractivity contribution in [2.24, 2.45) is 0 Å². The standard InChI is InChI=1S/C11H12N2S/c14-8-4-5-9-10(6-8)13-11(12-9)7-2-1-3-7/h4-7,14H,1-3H2,(H,12,13). The molecule has 0 aliphatic heterocycles. The Labute approximate surface area is 88.2 Å². The van der Waals surface area contributed by atoms with Crippen LogP contribution in [0.3, 0.4) is 0 Å². The normalized spacial score (nSPS) is 17.2. The first-order chi connectivity index (χ1) is 6.83. The maximum Gasteiger partial charge on any atom is 0.110 e. The summed E-state index contributed by atoms with van der Waals surface area (Å²) in [5.74, 6) is 1.83. The van der Waals surface area contributed by atoms with E-state index in [-0.39, 0.29) is 0 Å². The van der Waals surface area contributed by atoms with Crippen LogP contribution in [-0.4, -0.2) is 9.97 Å². The van der Waals surface area contributed by atoms with Crippen molar-refractivity contribution in [1.82, 2.24) is 9.97 Å². The maximum absolute atomic E-state index is 4.59. The Morgan fingerprint density at radius 3 is 2.93 bits per heavy atom. The summed E-state index contributed by atoms with van der Waals surface area (Å²) in [7, 11) is 0. The maximum atomic E-state index is 4.59. The molecule has 1 aliphatic rings. The highest BCUT2D eigenvalue weighted by atomic mass is 32.1. The number of aromatic nitrogens is 2. The highest BCUT2D eigenvalue weighted by molar-refractivity contribution is 7.80. The first kappa shape index (κ1) is 8.36. The van der Waals surface area contributed by atoms with Crippen molar-refractivity contribution in [2.45, 2.75) is 30.1 Å². The molecular formula is C11H12N2S. The smallest absolute Gasteiger partial charge is 0.110 e. The van der Waals surface area contributed by atoms with Crippen molar-refractivity contribution in [1.29, 1.82) is 0 Å². The molecule has 1 heterocycles. The van der Waals surface area contributed by atoms with Gasteiger partial charge >= 0.3 is 0 Å². The summed E-state index contributed by atoms with van der Waals surface area (Å²) in [6.07, 6.45) is 3.92. The number of benzene rings is 1. The fourth-order valence-electron chi connectivity index (χ4n) is 1.89. The molecule has 0 radical (unpaired) electrons. The molecule has 14 heavy (non-hydrogen) atoms. The number of aromatic amines is 1. The molecule has 2 aromatic rings. The number of rotatable bonds is 1. The number of imidazole rings is 1. The van der Waals surface area contributed by atoms with Crippen LogP contribution in [0.5, 0.6) is 0 Å². The van der Waals surface area contributed by atoms with E-state index in [1.54, 1.807) is 0 Å². The highest BCUT2D eigenvalue weighted by Crippen LogP contribution is 2.35. The van der Waals surface area contributed by atoms with Crippen LogP contribution in [0.1, 0.15) is 31.0 Å². The number of H-pyrrole nitrogens is 1. The number of hydrogen-bond donors (Lipinski definition) is 2. The summed E-state index contributed by atoms with van der Waals surface area (Å²) in [6, 6.07) is 6.04. The van der Waals surface area contributed by atoms with Crippen LogP contribution in [0, 0.1) is 0 Å². The number of fused-ring (bicyclic) bond motifs is 1. The summed E-state index contributed by atoms with van der Waals surface area (Å²) < 4.78 is 0. The Morgan fingerprint density at radius 2 is 2.21 bits per heavy atom. The third-order valence-electron chi connectivity index (χ3n) is 2.98. The van der Waals surface area contributed by atoms with Crippen LogP contribution in [0.2, 0.25) is 0 Å². The fraction of sp³-hybridized carbons (Fsp3) is 0.364. The second-order valence-electron chi connectivity index (χ2n) is 3.95. The molecule has 3 rings (SSSR count). The van der Waals surface area contributed by atoms with Gasteiger partial charge in [0.25, 0.3) is 0 Å². The van der Waals surface area contributed by atoms with Gasteiger partial charge in [-0.3, -0.25) is 0 Å². The topological polar surface area (TPSA) is 28.7 Å². The number of hydrogen-bond acceptors (Lipinski definition) is 2. The van der Waals surface area contributed by atoms with E-state index in [0.717, 1.165) is 21.8 Å². The average molecular weight is 204 g/mol. The predicted molar refractivity (Wildman–Crippen MR) is 59.9 cm³/mol. The molecular weight excluding hydrogens is 192 g/mol. The molecule has 1 aliphatic carbocycles. The molecule has 0 atom stereocenters. The Bertz CT molecular complexity index is 471. The van der Waals surface area contributed by atoms with Crippen molar-refractivity contribution in [2.75, 3.05) is 0 Å². The lowest BCUT2D eigenvalue weighted by molar-refractivity contribution is 0.405. The molecule has 1 aromatic carbocycles. The zero-order chi connectivity index (χ0) is 9.54. The molecule has 2 nitrogen and oxygen atoms in total. The third-order valence-corrected chi connectivity index (χ3v) is 3.25. The van der Waals surface area contributed by atoms with Crippen molar-refractivity contribution in [3.8, 4) is 0 Å². The Kier molecular flexibility index (Phi) is 1.80. The van der Waals surface area contributed by atoms with Crippen LogP contribution in [-0.2, 0) is 0 Å². The summed E-state index contributed by atoms with van der Waals surface area (Å²) in [5.41, 5.74) is 2.17. The summed E-state index contributed by atoms with van der Waals surface area (Å²) >= 11 is 4.31. The molecule has 0 saturated heterocycles. The van der Waals surface area contributed by atoms with Crippen LogP contribution < -0.4 is 0 Å². The summed E-state index contributed by atoms with van der Waals surface area (Å²) in [6.45, 7) is 0. The number of nitrogens with zero attached hydrogens (tertiary/aromatic N) is 1. The molecule has 1 aromatic heterocycles. The average Bonchev–Trinajstić information content (AvgIpc) is 2.43. The zero-order valence-corrected chi connectivity index (χ0v) is 8.72. The predicted octanol–water partition coefficient (Wildman–Crippen LogP) is 3.12. The van der Waals surface area contributed by atoms with E-state index in [4.69, 9.17) is 0 Å². The van der Waals surface area contributed by atoms with E-state index in [2.05, 4.69) is 22.6 Å². The van der Waals surface area contributed by atoms with Gasteiger partial charge in [0.2, 0.25) is 0 Å². The molecule has 0 unspecified atom stereocenters. The lowest BCUT2D eigenvalue weighted by atomic mass is 9.85. The first-order valence-corrected chi connectivity index (χ1v) is 5.46. The van der Waals surface area contributed by atoms with Crippen molar-refractivity contribution in [3.63, 3.8) is 0 Å². The van der Waals surface area contributed by atoms with E-state index in [0.29, 0.717) is 5.92 Å². The quantitative estimate of drug-likeness (QED) is 0.686. The van der Waals surface area contributed by atoms with Gasteiger partial charge in [-0.15, -0.1) is 12.6 Å². The molecule has 1 fully saturated rings. The number of thiol groups is 1. The van der Waals surface area contributed by atoms with Gasteiger partial charge in [-0.05, 0) is 31.0 Å². The lowest BCUT2D eigenvalue weighted by Crippen LogP contribution is -2.10. The Morgan fingerprint density at radius 1 is 1.36 bits per heavy atom. The third kappa shape index (κ3) is 1.23. The van der Waals surface area contributed by atoms with Gasteiger partial charge in [-0.1, -0.05) is 6.42 Å². The fourth-order valence-corrected chi connectivity index (χ4v) is 2.10. The van der Waals surface area contributed by atoms with Gasteiger partial charge in [-0.25, -0.2) is 4.98 Å². The largest absolute Gasteiger partial charge is 0.342 e. The van der Waals surface area contributed by atoms with Crippen molar-refractivity contribution in [3.05, 3.63) is 24.0 Å². The van der Waals surface area contributed by atoms with Gasteiger partial charge < -0.3 is 4.98 Å². The monoisotopic (exact) mass is 204 g/mol.